The highest BCUT2D eigenvalue weighted by atomic mass is 16.5. The smallest absolute Gasteiger partial charge is 0.338 e. The molecule has 0 aliphatic heterocycles. The normalized spacial score (nSPS) is 10.5. The van der Waals surface area contributed by atoms with Gasteiger partial charge in [-0.15, -0.1) is 0 Å². The molecule has 34 heavy (non-hydrogen) atoms. The summed E-state index contributed by atoms with van der Waals surface area (Å²) in [6.07, 6.45) is 2.18. The highest BCUT2D eigenvalue weighted by molar-refractivity contribution is 5.88. The van der Waals surface area contributed by atoms with Crippen molar-refractivity contribution in [3.8, 4) is 16.9 Å². The SMILES string of the molecule is C=C(C)C(=O)Oc1ccc(-c2ccc(N(c3ccccc3)c3cccc(CCC)c3)cc2)cc1. The average molecular weight is 448 g/mol. The van der Waals surface area contributed by atoms with Crippen molar-refractivity contribution in [2.75, 3.05) is 4.90 Å². The lowest BCUT2D eigenvalue weighted by Gasteiger charge is -2.26. The van der Waals surface area contributed by atoms with Gasteiger partial charge in [-0.3, -0.25) is 0 Å². The molecule has 0 saturated heterocycles. The van der Waals surface area contributed by atoms with E-state index in [9.17, 15) is 4.79 Å². The third-order valence-corrected chi connectivity index (χ3v) is 5.59. The van der Waals surface area contributed by atoms with Crippen LogP contribution in [-0.4, -0.2) is 5.97 Å². The molecule has 0 fully saturated rings. The largest absolute Gasteiger partial charge is 0.423 e. The Labute approximate surface area is 202 Å². The van der Waals surface area contributed by atoms with Crippen molar-refractivity contribution in [1.82, 2.24) is 0 Å². The molecular weight excluding hydrogens is 418 g/mol. The van der Waals surface area contributed by atoms with Crippen LogP contribution in [0.3, 0.4) is 0 Å². The zero-order valence-corrected chi connectivity index (χ0v) is 19.7. The van der Waals surface area contributed by atoms with E-state index in [1.165, 1.54) is 5.56 Å². The van der Waals surface area contributed by atoms with Crippen molar-refractivity contribution < 1.29 is 9.53 Å². The molecule has 0 radical (unpaired) electrons. The van der Waals surface area contributed by atoms with Gasteiger partial charge in [-0.2, -0.15) is 0 Å². The molecule has 0 N–H and O–H groups in total. The maximum Gasteiger partial charge on any atom is 0.338 e. The molecule has 0 atom stereocenters. The number of nitrogens with zero attached hydrogens (tertiary/aromatic N) is 1. The first-order valence-electron chi connectivity index (χ1n) is 11.6. The standard InChI is InChI=1S/C31H29NO2/c1-4-9-24-10-8-13-29(22-24)32(27-11-6-5-7-12-27)28-18-14-25(15-19-28)26-16-20-30(21-17-26)34-31(33)23(2)3/h5-8,10-22H,2,4,9H2,1,3H3. The lowest BCUT2D eigenvalue weighted by molar-refractivity contribution is -0.130. The van der Waals surface area contributed by atoms with Crippen LogP contribution >= 0.6 is 0 Å². The van der Waals surface area contributed by atoms with Crippen LogP contribution in [-0.2, 0) is 11.2 Å². The lowest BCUT2D eigenvalue weighted by atomic mass is 10.0. The summed E-state index contributed by atoms with van der Waals surface area (Å²) in [4.78, 5) is 14.0. The fourth-order valence-corrected chi connectivity index (χ4v) is 3.88. The Hall–Kier alpha value is -4.11. The van der Waals surface area contributed by atoms with E-state index in [2.05, 4.69) is 91.2 Å². The van der Waals surface area contributed by atoms with Crippen LogP contribution in [0.1, 0.15) is 25.8 Å². The lowest BCUT2D eigenvalue weighted by Crippen LogP contribution is -2.10. The van der Waals surface area contributed by atoms with E-state index in [-0.39, 0.29) is 0 Å². The number of anilines is 3. The third kappa shape index (κ3) is 5.44. The minimum absolute atomic E-state index is 0.378. The topological polar surface area (TPSA) is 29.5 Å². The van der Waals surface area contributed by atoms with Crippen LogP contribution in [0.25, 0.3) is 11.1 Å². The van der Waals surface area contributed by atoms with E-state index in [1.807, 2.05) is 18.2 Å². The quantitative estimate of drug-likeness (QED) is 0.155. The van der Waals surface area contributed by atoms with Crippen molar-refractivity contribution in [1.29, 1.82) is 0 Å². The third-order valence-electron chi connectivity index (χ3n) is 5.59. The Balaban J connectivity index is 1.63. The van der Waals surface area contributed by atoms with Crippen LogP contribution in [0.2, 0.25) is 0 Å². The molecule has 0 unspecified atom stereocenters. The number of esters is 1. The van der Waals surface area contributed by atoms with Crippen molar-refractivity contribution in [3.05, 3.63) is 121 Å². The summed E-state index contributed by atoms with van der Waals surface area (Å²) < 4.78 is 5.30. The van der Waals surface area contributed by atoms with Gasteiger partial charge >= 0.3 is 5.97 Å². The Morgan fingerprint density at radius 1 is 0.765 bits per heavy atom. The van der Waals surface area contributed by atoms with Gasteiger partial charge in [0.05, 0.1) is 0 Å². The molecule has 0 aliphatic carbocycles. The maximum absolute atomic E-state index is 11.7. The van der Waals surface area contributed by atoms with Crippen molar-refractivity contribution >= 4 is 23.0 Å². The predicted molar refractivity (Wildman–Crippen MR) is 141 cm³/mol. The summed E-state index contributed by atoms with van der Waals surface area (Å²) in [6, 6.07) is 35.2. The number of carbonyl (C=O) groups excluding carboxylic acids is 1. The molecule has 4 aromatic rings. The average Bonchev–Trinajstić information content (AvgIpc) is 2.86. The van der Waals surface area contributed by atoms with Gasteiger partial charge < -0.3 is 9.64 Å². The van der Waals surface area contributed by atoms with Gasteiger partial charge in [0.15, 0.2) is 0 Å². The molecule has 0 bridgehead atoms. The highest BCUT2D eigenvalue weighted by Gasteiger charge is 2.13. The predicted octanol–water partition coefficient (Wildman–Crippen LogP) is 8.26. The summed E-state index contributed by atoms with van der Waals surface area (Å²) in [5.41, 5.74) is 7.22. The second-order valence-electron chi connectivity index (χ2n) is 8.33. The van der Waals surface area contributed by atoms with Crippen LogP contribution < -0.4 is 9.64 Å². The van der Waals surface area contributed by atoms with Crippen molar-refractivity contribution in [3.63, 3.8) is 0 Å². The zero-order valence-electron chi connectivity index (χ0n) is 19.7. The Morgan fingerprint density at radius 2 is 1.35 bits per heavy atom. The second-order valence-corrected chi connectivity index (χ2v) is 8.33. The molecule has 4 aromatic carbocycles. The minimum Gasteiger partial charge on any atom is -0.423 e. The number of hydrogen-bond donors (Lipinski definition) is 0. The molecule has 0 saturated carbocycles. The molecule has 0 spiro atoms. The highest BCUT2D eigenvalue weighted by Crippen LogP contribution is 2.36. The zero-order chi connectivity index (χ0) is 23.9. The Bertz CT molecular complexity index is 1260. The summed E-state index contributed by atoms with van der Waals surface area (Å²) in [5, 5.41) is 0. The molecular formula is C31H29NO2. The van der Waals surface area contributed by atoms with Gasteiger partial charge in [0.25, 0.3) is 0 Å². The van der Waals surface area contributed by atoms with Gasteiger partial charge in [-0.25, -0.2) is 4.79 Å². The first-order chi connectivity index (χ1) is 16.5. The number of carbonyl (C=O) groups is 1. The number of aryl methyl sites for hydroxylation is 1. The minimum atomic E-state index is -0.416. The van der Waals surface area contributed by atoms with Crippen molar-refractivity contribution in [2.24, 2.45) is 0 Å². The molecule has 4 rings (SSSR count). The van der Waals surface area contributed by atoms with Gasteiger partial charge in [-0.05, 0) is 78.6 Å². The summed E-state index contributed by atoms with van der Waals surface area (Å²) in [5.74, 6) is 0.0942. The molecule has 170 valence electrons. The van der Waals surface area contributed by atoms with E-state index in [0.717, 1.165) is 41.0 Å². The summed E-state index contributed by atoms with van der Waals surface area (Å²) in [7, 11) is 0. The number of para-hydroxylation sites is 1. The Morgan fingerprint density at radius 3 is 1.97 bits per heavy atom. The number of ether oxygens (including phenoxy) is 1. The number of hydrogen-bond acceptors (Lipinski definition) is 3. The number of rotatable bonds is 8. The van der Waals surface area contributed by atoms with Gasteiger partial charge in [-0.1, -0.05) is 74.5 Å². The van der Waals surface area contributed by atoms with E-state index < -0.39 is 5.97 Å². The molecule has 0 amide bonds. The molecule has 0 heterocycles. The molecule has 3 heteroatoms. The molecule has 0 aliphatic rings. The second kappa shape index (κ2) is 10.7. The van der Waals surface area contributed by atoms with Crippen LogP contribution in [0.15, 0.2) is 115 Å². The summed E-state index contributed by atoms with van der Waals surface area (Å²) >= 11 is 0. The van der Waals surface area contributed by atoms with E-state index in [4.69, 9.17) is 4.74 Å². The van der Waals surface area contributed by atoms with Gasteiger partial charge in [0, 0.05) is 22.6 Å². The van der Waals surface area contributed by atoms with Crippen LogP contribution in [0.5, 0.6) is 5.75 Å². The van der Waals surface area contributed by atoms with Crippen LogP contribution in [0, 0.1) is 0 Å². The first kappa shape index (κ1) is 23.1. The first-order valence-corrected chi connectivity index (χ1v) is 11.6. The molecule has 0 aromatic heterocycles. The summed E-state index contributed by atoms with van der Waals surface area (Å²) in [6.45, 7) is 7.46. The monoisotopic (exact) mass is 447 g/mol. The fraction of sp³-hybridized carbons (Fsp3) is 0.129. The fourth-order valence-electron chi connectivity index (χ4n) is 3.88. The van der Waals surface area contributed by atoms with Gasteiger partial charge in [0.1, 0.15) is 5.75 Å². The Kier molecular flexibility index (Phi) is 7.24. The van der Waals surface area contributed by atoms with Gasteiger partial charge in [0.2, 0.25) is 0 Å². The van der Waals surface area contributed by atoms with Crippen LogP contribution in [0.4, 0.5) is 17.1 Å². The van der Waals surface area contributed by atoms with E-state index in [1.54, 1.807) is 19.1 Å². The number of benzene rings is 4. The van der Waals surface area contributed by atoms with E-state index >= 15 is 0 Å². The van der Waals surface area contributed by atoms with E-state index in [0.29, 0.717) is 11.3 Å². The molecule has 3 nitrogen and oxygen atoms in total. The van der Waals surface area contributed by atoms with Crippen molar-refractivity contribution in [2.45, 2.75) is 26.7 Å². The maximum atomic E-state index is 11.7.